The molecule has 0 aliphatic carbocycles. The highest BCUT2D eigenvalue weighted by Gasteiger charge is 2.15. The van der Waals surface area contributed by atoms with E-state index < -0.39 is 0 Å². The van der Waals surface area contributed by atoms with Gasteiger partial charge in [0.1, 0.15) is 6.54 Å². The molecule has 1 aromatic carbocycles. The lowest BCUT2D eigenvalue weighted by atomic mass is 10.1. The molecule has 3 rings (SSSR count). The lowest BCUT2D eigenvalue weighted by molar-refractivity contribution is -0.122. The molecule has 1 N–H and O–H groups in total. The van der Waals surface area contributed by atoms with Crippen molar-refractivity contribution in [1.29, 1.82) is 0 Å². The molecule has 0 fully saturated rings. The maximum absolute atomic E-state index is 12.2. The number of hydrogen-bond donors (Lipinski definition) is 1. The molecule has 7 nitrogen and oxygen atoms in total. The van der Waals surface area contributed by atoms with Crippen LogP contribution >= 0.6 is 0 Å². The molecular formula is C19H21N5O2. The largest absolute Gasteiger partial charge is 0.350 e. The Morgan fingerprint density at radius 3 is 2.46 bits per heavy atom. The first kappa shape index (κ1) is 17.6. The third-order valence-corrected chi connectivity index (χ3v) is 4.26. The first-order valence-corrected chi connectivity index (χ1v) is 8.35. The smallest absolute Gasteiger partial charge is 0.267 e. The number of hydrogen-bond acceptors (Lipinski definition) is 4. The van der Waals surface area contributed by atoms with Gasteiger partial charge in [0.05, 0.1) is 11.4 Å². The molecule has 0 atom stereocenters. The predicted octanol–water partition coefficient (Wildman–Crippen LogP) is 1.58. The second kappa shape index (κ2) is 7.35. The summed E-state index contributed by atoms with van der Waals surface area (Å²) < 4.78 is 2.95. The minimum Gasteiger partial charge on any atom is -0.350 e. The van der Waals surface area contributed by atoms with Crippen LogP contribution in [0, 0.1) is 13.8 Å². The number of carbonyl (C=O) groups is 1. The van der Waals surface area contributed by atoms with Crippen molar-refractivity contribution >= 4 is 5.91 Å². The van der Waals surface area contributed by atoms with Gasteiger partial charge in [0.25, 0.3) is 5.56 Å². The third-order valence-electron chi connectivity index (χ3n) is 4.26. The molecule has 26 heavy (non-hydrogen) atoms. The SMILES string of the molecule is Cc1nn(C)c(C)c1-c1ccc(=O)n(CC(=O)NCc2ccccc2)n1. The van der Waals surface area contributed by atoms with E-state index in [0.29, 0.717) is 12.2 Å². The number of carbonyl (C=O) groups excluding carboxylic acids is 1. The van der Waals surface area contributed by atoms with Gasteiger partial charge in [-0.05, 0) is 25.5 Å². The van der Waals surface area contributed by atoms with Crippen molar-refractivity contribution in [2.75, 3.05) is 0 Å². The minimum atomic E-state index is -0.317. The Labute approximate surface area is 151 Å². The lowest BCUT2D eigenvalue weighted by Gasteiger charge is -2.09. The summed E-state index contributed by atoms with van der Waals surface area (Å²) >= 11 is 0. The summed E-state index contributed by atoms with van der Waals surface area (Å²) in [6.07, 6.45) is 0. The van der Waals surface area contributed by atoms with Crippen molar-refractivity contribution < 1.29 is 4.79 Å². The average molecular weight is 351 g/mol. The molecule has 1 amide bonds. The molecular weight excluding hydrogens is 330 g/mol. The van der Waals surface area contributed by atoms with Gasteiger partial charge in [0.15, 0.2) is 0 Å². The molecule has 0 saturated carbocycles. The van der Waals surface area contributed by atoms with Crippen LogP contribution in [0.5, 0.6) is 0 Å². The Balaban J connectivity index is 1.78. The number of aromatic nitrogens is 4. The molecule has 0 aliphatic heterocycles. The zero-order valence-corrected chi connectivity index (χ0v) is 15.1. The number of rotatable bonds is 5. The molecule has 2 aromatic heterocycles. The van der Waals surface area contributed by atoms with Crippen molar-refractivity contribution in [1.82, 2.24) is 24.9 Å². The van der Waals surface area contributed by atoms with Gasteiger partial charge in [-0.1, -0.05) is 30.3 Å². The predicted molar refractivity (Wildman–Crippen MR) is 98.5 cm³/mol. The zero-order valence-electron chi connectivity index (χ0n) is 15.1. The molecule has 7 heteroatoms. The monoisotopic (exact) mass is 351 g/mol. The van der Waals surface area contributed by atoms with E-state index in [-0.39, 0.29) is 18.0 Å². The standard InChI is InChI=1S/C19H21N5O2/c1-13-19(14(2)23(3)21-13)16-9-10-18(26)24(22-16)12-17(25)20-11-15-7-5-4-6-8-15/h4-10H,11-12H2,1-3H3,(H,20,25). The minimum absolute atomic E-state index is 0.127. The Kier molecular flexibility index (Phi) is 4.97. The van der Waals surface area contributed by atoms with E-state index in [1.54, 1.807) is 10.7 Å². The summed E-state index contributed by atoms with van der Waals surface area (Å²) in [7, 11) is 1.86. The van der Waals surface area contributed by atoms with Gasteiger partial charge in [0, 0.05) is 30.9 Å². The molecule has 0 aliphatic rings. The fourth-order valence-electron chi connectivity index (χ4n) is 2.83. The van der Waals surface area contributed by atoms with Gasteiger partial charge in [-0.15, -0.1) is 0 Å². The first-order chi connectivity index (χ1) is 12.5. The van der Waals surface area contributed by atoms with E-state index in [1.807, 2.05) is 51.2 Å². The van der Waals surface area contributed by atoms with Crippen LogP contribution < -0.4 is 10.9 Å². The van der Waals surface area contributed by atoms with Crippen LogP contribution in [0.3, 0.4) is 0 Å². The van der Waals surface area contributed by atoms with Crippen LogP contribution in [0.4, 0.5) is 0 Å². The fourth-order valence-corrected chi connectivity index (χ4v) is 2.83. The molecule has 0 bridgehead atoms. The molecule has 2 heterocycles. The summed E-state index contributed by atoms with van der Waals surface area (Å²) in [6.45, 7) is 4.12. The first-order valence-electron chi connectivity index (χ1n) is 8.35. The van der Waals surface area contributed by atoms with Crippen molar-refractivity contribution in [2.24, 2.45) is 7.05 Å². The summed E-state index contributed by atoms with van der Waals surface area (Å²) in [5, 5.41) is 11.5. The van der Waals surface area contributed by atoms with E-state index in [1.165, 1.54) is 10.7 Å². The molecule has 0 spiro atoms. The normalized spacial score (nSPS) is 10.7. The number of nitrogens with one attached hydrogen (secondary N) is 1. The Bertz CT molecular complexity index is 989. The fraction of sp³-hybridized carbons (Fsp3) is 0.263. The molecule has 0 unspecified atom stereocenters. The van der Waals surface area contributed by atoms with Crippen LogP contribution in [-0.4, -0.2) is 25.5 Å². The molecule has 0 saturated heterocycles. The number of nitrogens with zero attached hydrogens (tertiary/aromatic N) is 4. The Morgan fingerprint density at radius 2 is 1.81 bits per heavy atom. The third kappa shape index (κ3) is 3.72. The van der Waals surface area contributed by atoms with Crippen molar-refractivity contribution in [3.8, 4) is 11.3 Å². The van der Waals surface area contributed by atoms with Gasteiger partial charge >= 0.3 is 0 Å². The van der Waals surface area contributed by atoms with E-state index in [4.69, 9.17) is 0 Å². The lowest BCUT2D eigenvalue weighted by Crippen LogP contribution is -2.33. The number of benzene rings is 1. The van der Waals surface area contributed by atoms with Crippen LogP contribution in [0.2, 0.25) is 0 Å². The Hall–Kier alpha value is -3.22. The summed E-state index contributed by atoms with van der Waals surface area (Å²) in [5.41, 5.74) is 3.97. The van der Waals surface area contributed by atoms with Gasteiger partial charge < -0.3 is 5.32 Å². The highest BCUT2D eigenvalue weighted by Crippen LogP contribution is 2.23. The Morgan fingerprint density at radius 1 is 1.08 bits per heavy atom. The van der Waals surface area contributed by atoms with E-state index in [2.05, 4.69) is 15.5 Å². The van der Waals surface area contributed by atoms with Gasteiger partial charge in [-0.25, -0.2) is 4.68 Å². The van der Waals surface area contributed by atoms with E-state index >= 15 is 0 Å². The maximum atomic E-state index is 12.2. The van der Waals surface area contributed by atoms with Crippen molar-refractivity contribution in [3.63, 3.8) is 0 Å². The number of amides is 1. The van der Waals surface area contributed by atoms with E-state index in [9.17, 15) is 9.59 Å². The van der Waals surface area contributed by atoms with Crippen LogP contribution in [0.1, 0.15) is 17.0 Å². The molecule has 0 radical (unpaired) electrons. The van der Waals surface area contributed by atoms with Crippen molar-refractivity contribution in [2.45, 2.75) is 26.9 Å². The molecule has 3 aromatic rings. The maximum Gasteiger partial charge on any atom is 0.267 e. The highest BCUT2D eigenvalue weighted by molar-refractivity contribution is 5.75. The van der Waals surface area contributed by atoms with Gasteiger partial charge in [-0.2, -0.15) is 10.2 Å². The van der Waals surface area contributed by atoms with Gasteiger partial charge in [0.2, 0.25) is 5.91 Å². The summed E-state index contributed by atoms with van der Waals surface area (Å²) in [5.74, 6) is -0.264. The molecule has 134 valence electrons. The van der Waals surface area contributed by atoms with Crippen molar-refractivity contribution in [3.05, 3.63) is 69.8 Å². The van der Waals surface area contributed by atoms with E-state index in [0.717, 1.165) is 22.5 Å². The summed E-state index contributed by atoms with van der Waals surface area (Å²) in [4.78, 5) is 24.3. The van der Waals surface area contributed by atoms with Gasteiger partial charge in [-0.3, -0.25) is 14.3 Å². The number of aryl methyl sites for hydroxylation is 2. The second-order valence-corrected chi connectivity index (χ2v) is 6.15. The van der Waals surface area contributed by atoms with Crippen LogP contribution in [0.15, 0.2) is 47.3 Å². The zero-order chi connectivity index (χ0) is 18.7. The van der Waals surface area contributed by atoms with Crippen LogP contribution in [-0.2, 0) is 24.9 Å². The van der Waals surface area contributed by atoms with Crippen LogP contribution in [0.25, 0.3) is 11.3 Å². The quantitative estimate of drug-likeness (QED) is 0.757. The topological polar surface area (TPSA) is 81.8 Å². The summed E-state index contributed by atoms with van der Waals surface area (Å²) in [6, 6.07) is 12.7. The average Bonchev–Trinajstić information content (AvgIpc) is 2.88. The second-order valence-electron chi connectivity index (χ2n) is 6.15. The highest BCUT2D eigenvalue weighted by atomic mass is 16.2.